The first-order chi connectivity index (χ1) is 7.57. The van der Waals surface area contributed by atoms with E-state index in [0.29, 0.717) is 0 Å². The van der Waals surface area contributed by atoms with Crippen LogP contribution in [0.2, 0.25) is 0 Å². The molecule has 0 aliphatic heterocycles. The monoisotopic (exact) mass is 317 g/mol. The molecule has 0 radical (unpaired) electrons. The van der Waals surface area contributed by atoms with E-state index in [0.717, 1.165) is 11.6 Å². The quantitative estimate of drug-likeness (QED) is 0.821. The zero-order chi connectivity index (χ0) is 13.4. The van der Waals surface area contributed by atoms with Crippen LogP contribution in [0.15, 0.2) is 22.7 Å². The fourth-order valence-electron chi connectivity index (χ4n) is 1.26. The molecule has 1 aromatic carbocycles. The summed E-state index contributed by atoms with van der Waals surface area (Å²) in [6.07, 6.45) is -5.67. The van der Waals surface area contributed by atoms with E-state index in [-0.39, 0.29) is 10.0 Å². The minimum Gasteiger partial charge on any atom is -0.319 e. The van der Waals surface area contributed by atoms with Crippen molar-refractivity contribution in [1.29, 1.82) is 0 Å². The molecular weight excluding hydrogens is 309 g/mol. The van der Waals surface area contributed by atoms with E-state index in [1.54, 1.807) is 6.92 Å². The Labute approximate surface area is 103 Å². The van der Waals surface area contributed by atoms with Gasteiger partial charge in [0, 0.05) is 4.47 Å². The van der Waals surface area contributed by atoms with Crippen molar-refractivity contribution in [1.82, 2.24) is 0 Å². The summed E-state index contributed by atoms with van der Waals surface area (Å²) in [5.41, 5.74) is 5.46. The van der Waals surface area contributed by atoms with Crippen LogP contribution in [-0.4, -0.2) is 12.1 Å². The van der Waals surface area contributed by atoms with E-state index < -0.39 is 18.1 Å². The largest absolute Gasteiger partial charge is 0.455 e. The number of halogens is 6. The lowest BCUT2D eigenvalue weighted by atomic mass is 10.00. The fourth-order valence-corrected chi connectivity index (χ4v) is 2.00. The molecule has 0 amide bonds. The number of benzene rings is 1. The summed E-state index contributed by atoms with van der Waals surface area (Å²) in [7, 11) is 0. The number of alkyl halides is 5. The Balaban J connectivity index is 3.17. The van der Waals surface area contributed by atoms with Crippen LogP contribution in [0.25, 0.3) is 0 Å². The lowest BCUT2D eigenvalue weighted by molar-refractivity contribution is -0.291. The highest BCUT2D eigenvalue weighted by atomic mass is 79.9. The molecule has 0 fully saturated rings. The molecule has 7 heteroatoms. The summed E-state index contributed by atoms with van der Waals surface area (Å²) in [6.45, 7) is 1.68. The minimum atomic E-state index is -5.67. The Morgan fingerprint density at radius 1 is 1.18 bits per heavy atom. The molecule has 1 atom stereocenters. The minimum absolute atomic E-state index is 0.133. The van der Waals surface area contributed by atoms with Gasteiger partial charge in [-0.25, -0.2) is 0 Å². The van der Waals surface area contributed by atoms with Crippen LogP contribution in [0.5, 0.6) is 0 Å². The average Bonchev–Trinajstić information content (AvgIpc) is 2.14. The predicted octanol–water partition coefficient (Wildman–Crippen LogP) is 3.95. The van der Waals surface area contributed by atoms with Gasteiger partial charge in [-0.15, -0.1) is 0 Å². The van der Waals surface area contributed by atoms with Gasteiger partial charge in [0.2, 0.25) is 0 Å². The highest BCUT2D eigenvalue weighted by Gasteiger charge is 2.61. The second-order valence-corrected chi connectivity index (χ2v) is 4.48. The molecular formula is C10H9BrF5N. The standard InChI is InChI=1S/C10H9BrF5N/c1-5-2-3-6(7(11)4-5)8(17)9(12,13)10(14,15)16/h2-4,8H,17H2,1H3/t8-/m1/s1. The molecule has 17 heavy (non-hydrogen) atoms. The molecule has 0 spiro atoms. The van der Waals surface area contributed by atoms with Crippen LogP contribution in [-0.2, 0) is 0 Å². The second kappa shape index (κ2) is 4.53. The zero-order valence-electron chi connectivity index (χ0n) is 8.65. The first kappa shape index (κ1) is 14.4. The van der Waals surface area contributed by atoms with Gasteiger partial charge in [-0.3, -0.25) is 0 Å². The first-order valence-electron chi connectivity index (χ1n) is 4.53. The normalized spacial score (nSPS) is 14.8. The van der Waals surface area contributed by atoms with Gasteiger partial charge in [0.1, 0.15) is 6.04 Å². The Morgan fingerprint density at radius 3 is 2.12 bits per heavy atom. The predicted molar refractivity (Wildman–Crippen MR) is 56.8 cm³/mol. The summed E-state index contributed by atoms with van der Waals surface area (Å²) >= 11 is 2.93. The van der Waals surface area contributed by atoms with E-state index >= 15 is 0 Å². The molecule has 1 nitrogen and oxygen atoms in total. The second-order valence-electron chi connectivity index (χ2n) is 3.62. The van der Waals surface area contributed by atoms with Crippen molar-refractivity contribution in [2.24, 2.45) is 5.73 Å². The third kappa shape index (κ3) is 2.77. The molecule has 0 aliphatic rings. The average molecular weight is 318 g/mol. The van der Waals surface area contributed by atoms with E-state index in [1.807, 2.05) is 0 Å². The molecule has 0 unspecified atom stereocenters. The highest BCUT2D eigenvalue weighted by Crippen LogP contribution is 2.44. The molecule has 1 aromatic rings. The number of aryl methyl sites for hydroxylation is 1. The fraction of sp³-hybridized carbons (Fsp3) is 0.400. The van der Waals surface area contributed by atoms with Gasteiger partial charge in [-0.2, -0.15) is 22.0 Å². The van der Waals surface area contributed by atoms with Crippen molar-refractivity contribution in [3.8, 4) is 0 Å². The Bertz CT molecular complexity index is 416. The van der Waals surface area contributed by atoms with Gasteiger partial charge in [0.25, 0.3) is 0 Å². The maximum absolute atomic E-state index is 13.0. The van der Waals surface area contributed by atoms with Gasteiger partial charge in [-0.1, -0.05) is 28.1 Å². The zero-order valence-corrected chi connectivity index (χ0v) is 10.2. The van der Waals surface area contributed by atoms with Crippen LogP contribution in [0.4, 0.5) is 22.0 Å². The SMILES string of the molecule is Cc1ccc([C@@H](N)C(F)(F)C(F)(F)F)c(Br)c1. The lowest BCUT2D eigenvalue weighted by Gasteiger charge is -2.26. The maximum atomic E-state index is 13.0. The van der Waals surface area contributed by atoms with Crippen LogP contribution < -0.4 is 5.73 Å². The van der Waals surface area contributed by atoms with Crippen LogP contribution in [0, 0.1) is 6.92 Å². The summed E-state index contributed by atoms with van der Waals surface area (Å²) in [6, 6.07) is 1.58. The van der Waals surface area contributed by atoms with Crippen LogP contribution in [0.3, 0.4) is 0 Å². The summed E-state index contributed by atoms with van der Waals surface area (Å²) in [4.78, 5) is 0. The van der Waals surface area contributed by atoms with E-state index in [9.17, 15) is 22.0 Å². The van der Waals surface area contributed by atoms with E-state index in [4.69, 9.17) is 5.73 Å². The van der Waals surface area contributed by atoms with Crippen molar-refractivity contribution in [2.75, 3.05) is 0 Å². The lowest BCUT2D eigenvalue weighted by Crippen LogP contribution is -2.46. The third-order valence-electron chi connectivity index (χ3n) is 2.26. The number of hydrogen-bond acceptors (Lipinski definition) is 1. The van der Waals surface area contributed by atoms with E-state index in [2.05, 4.69) is 15.9 Å². The molecule has 0 saturated carbocycles. The first-order valence-corrected chi connectivity index (χ1v) is 5.33. The Hall–Kier alpha value is -0.690. The van der Waals surface area contributed by atoms with Gasteiger partial charge >= 0.3 is 12.1 Å². The Kier molecular flexibility index (Phi) is 3.83. The van der Waals surface area contributed by atoms with Gasteiger partial charge in [-0.05, 0) is 24.1 Å². The molecule has 0 saturated heterocycles. The van der Waals surface area contributed by atoms with Gasteiger partial charge in [0.15, 0.2) is 0 Å². The molecule has 0 aliphatic carbocycles. The third-order valence-corrected chi connectivity index (χ3v) is 2.95. The van der Waals surface area contributed by atoms with Crippen LogP contribution in [0.1, 0.15) is 17.2 Å². The molecule has 1 rings (SSSR count). The van der Waals surface area contributed by atoms with Crippen LogP contribution >= 0.6 is 15.9 Å². The maximum Gasteiger partial charge on any atom is 0.455 e. The van der Waals surface area contributed by atoms with Gasteiger partial charge < -0.3 is 5.73 Å². The summed E-state index contributed by atoms with van der Waals surface area (Å²) < 4.78 is 62.6. The van der Waals surface area contributed by atoms with Crippen molar-refractivity contribution >= 4 is 15.9 Å². The smallest absolute Gasteiger partial charge is 0.319 e. The van der Waals surface area contributed by atoms with Crippen molar-refractivity contribution in [3.05, 3.63) is 33.8 Å². The number of hydrogen-bond donors (Lipinski definition) is 1. The Morgan fingerprint density at radius 2 is 1.71 bits per heavy atom. The van der Waals surface area contributed by atoms with Crippen molar-refractivity contribution < 1.29 is 22.0 Å². The molecule has 96 valence electrons. The molecule has 0 aromatic heterocycles. The summed E-state index contributed by atoms with van der Waals surface area (Å²) in [5.74, 6) is -4.97. The molecule has 0 bridgehead atoms. The highest BCUT2D eigenvalue weighted by molar-refractivity contribution is 9.10. The summed E-state index contributed by atoms with van der Waals surface area (Å²) in [5, 5.41) is 0. The number of nitrogens with two attached hydrogens (primary N) is 1. The van der Waals surface area contributed by atoms with Crippen molar-refractivity contribution in [2.45, 2.75) is 25.1 Å². The van der Waals surface area contributed by atoms with E-state index in [1.165, 1.54) is 12.1 Å². The molecule has 2 N–H and O–H groups in total. The number of rotatable bonds is 2. The topological polar surface area (TPSA) is 26.0 Å². The van der Waals surface area contributed by atoms with Gasteiger partial charge in [0.05, 0.1) is 0 Å². The molecule has 0 heterocycles. The van der Waals surface area contributed by atoms with Crippen molar-refractivity contribution in [3.63, 3.8) is 0 Å².